The first-order chi connectivity index (χ1) is 31.1. The number of carbonyl (C=O) groups excluding carboxylic acids is 1. The number of phosphoric ester groups is 1. The number of rotatable bonds is 45. The van der Waals surface area contributed by atoms with Crippen molar-refractivity contribution in [2.24, 2.45) is 0 Å². The van der Waals surface area contributed by atoms with Crippen molar-refractivity contribution in [3.8, 4) is 0 Å². The second kappa shape index (κ2) is 46.7. The Morgan fingerprint density at radius 3 is 1.36 bits per heavy atom. The molecular formula is C55H95NO7P+. The maximum Gasteiger partial charge on any atom is 0.472 e. The zero-order valence-corrected chi connectivity index (χ0v) is 42.4. The van der Waals surface area contributed by atoms with E-state index in [4.69, 9.17) is 18.5 Å². The van der Waals surface area contributed by atoms with Gasteiger partial charge in [0.25, 0.3) is 0 Å². The van der Waals surface area contributed by atoms with Crippen molar-refractivity contribution >= 4 is 13.8 Å². The highest BCUT2D eigenvalue weighted by atomic mass is 31.2. The number of esters is 1. The van der Waals surface area contributed by atoms with E-state index in [0.717, 1.165) is 96.3 Å². The van der Waals surface area contributed by atoms with Crippen molar-refractivity contribution in [3.05, 3.63) is 109 Å². The van der Waals surface area contributed by atoms with Crippen LogP contribution in [0.15, 0.2) is 109 Å². The van der Waals surface area contributed by atoms with Crippen LogP contribution in [0.1, 0.15) is 174 Å². The molecule has 0 spiro atoms. The minimum absolute atomic E-state index is 0.0730. The Kier molecular flexibility index (Phi) is 44.6. The van der Waals surface area contributed by atoms with Gasteiger partial charge in [0.1, 0.15) is 19.3 Å². The summed E-state index contributed by atoms with van der Waals surface area (Å²) in [6, 6.07) is 0. The molecule has 0 aromatic rings. The fourth-order valence-corrected chi connectivity index (χ4v) is 6.95. The number of quaternary nitrogens is 1. The van der Waals surface area contributed by atoms with Gasteiger partial charge in [-0.1, -0.05) is 175 Å². The average molecular weight is 913 g/mol. The van der Waals surface area contributed by atoms with Crippen LogP contribution in [0.25, 0.3) is 0 Å². The summed E-state index contributed by atoms with van der Waals surface area (Å²) in [7, 11) is 1.62. The van der Waals surface area contributed by atoms with Gasteiger partial charge in [-0.3, -0.25) is 13.8 Å². The van der Waals surface area contributed by atoms with Crippen LogP contribution in [0.2, 0.25) is 0 Å². The van der Waals surface area contributed by atoms with E-state index < -0.39 is 13.9 Å². The second-order valence-electron chi connectivity index (χ2n) is 17.5. The van der Waals surface area contributed by atoms with Crippen LogP contribution in [0.3, 0.4) is 0 Å². The SMILES string of the molecule is CC/C=C\C/C=C\C/C=C\C/C=C\C/C=C\C/C=C\C/C=C\CCCCCC(=O)OC(COCCCCCCCC/C=C\C/C=C\CCCCCC)COP(=O)(O)OCC[N+](C)(C)C. The molecule has 0 rings (SSSR count). The van der Waals surface area contributed by atoms with Crippen LogP contribution < -0.4 is 0 Å². The predicted molar refractivity (Wildman–Crippen MR) is 274 cm³/mol. The molecule has 0 bridgehead atoms. The van der Waals surface area contributed by atoms with Gasteiger partial charge in [0.2, 0.25) is 0 Å². The third-order valence-electron chi connectivity index (χ3n) is 10.1. The van der Waals surface area contributed by atoms with Crippen molar-refractivity contribution in [2.75, 3.05) is 54.1 Å². The Morgan fingerprint density at radius 1 is 0.500 bits per heavy atom. The number of unbranched alkanes of at least 4 members (excludes halogenated alkanes) is 13. The summed E-state index contributed by atoms with van der Waals surface area (Å²) >= 11 is 0. The Labute approximate surface area is 393 Å². The summed E-state index contributed by atoms with van der Waals surface area (Å²) in [5.41, 5.74) is 0. The zero-order valence-electron chi connectivity index (χ0n) is 41.5. The van der Waals surface area contributed by atoms with Crippen molar-refractivity contribution in [1.29, 1.82) is 0 Å². The van der Waals surface area contributed by atoms with E-state index in [2.05, 4.69) is 123 Å². The number of hydrogen-bond donors (Lipinski definition) is 1. The first-order valence-electron chi connectivity index (χ1n) is 25.1. The van der Waals surface area contributed by atoms with Gasteiger partial charge in [0.15, 0.2) is 0 Å². The van der Waals surface area contributed by atoms with Crippen molar-refractivity contribution in [1.82, 2.24) is 0 Å². The Hall–Kier alpha value is -2.84. The smallest absolute Gasteiger partial charge is 0.457 e. The molecule has 0 radical (unpaired) electrons. The maximum absolute atomic E-state index is 12.8. The molecule has 2 atom stereocenters. The predicted octanol–water partition coefficient (Wildman–Crippen LogP) is 15.6. The molecule has 366 valence electrons. The number of phosphoric acid groups is 1. The number of carbonyl (C=O) groups is 1. The number of allylic oxidation sites excluding steroid dienone is 18. The van der Waals surface area contributed by atoms with Crippen LogP contribution in [-0.4, -0.2) is 75.6 Å². The average Bonchev–Trinajstić information content (AvgIpc) is 3.25. The third-order valence-corrected chi connectivity index (χ3v) is 11.1. The molecule has 0 aliphatic carbocycles. The van der Waals surface area contributed by atoms with Crippen molar-refractivity contribution in [3.63, 3.8) is 0 Å². The lowest BCUT2D eigenvalue weighted by molar-refractivity contribution is -0.870. The molecule has 0 fully saturated rings. The summed E-state index contributed by atoms with van der Waals surface area (Å²) in [6.07, 6.45) is 65.6. The van der Waals surface area contributed by atoms with Crippen molar-refractivity contribution in [2.45, 2.75) is 180 Å². The van der Waals surface area contributed by atoms with E-state index in [1.54, 1.807) is 0 Å². The number of hydrogen-bond acceptors (Lipinski definition) is 6. The Morgan fingerprint density at radius 2 is 0.906 bits per heavy atom. The topological polar surface area (TPSA) is 91.3 Å². The van der Waals surface area contributed by atoms with E-state index in [-0.39, 0.29) is 32.2 Å². The maximum atomic E-state index is 12.8. The van der Waals surface area contributed by atoms with Gasteiger partial charge < -0.3 is 18.9 Å². The van der Waals surface area contributed by atoms with Crippen LogP contribution in [-0.2, 0) is 27.9 Å². The molecule has 0 saturated carbocycles. The molecule has 64 heavy (non-hydrogen) atoms. The molecule has 0 aliphatic rings. The highest BCUT2D eigenvalue weighted by molar-refractivity contribution is 7.47. The molecule has 2 unspecified atom stereocenters. The van der Waals surface area contributed by atoms with Gasteiger partial charge >= 0.3 is 13.8 Å². The molecule has 0 aliphatic heterocycles. The lowest BCUT2D eigenvalue weighted by Crippen LogP contribution is -2.37. The zero-order chi connectivity index (χ0) is 46.9. The first kappa shape index (κ1) is 61.2. The standard InChI is InChI=1S/C55H94NO7P/c1-6-8-10-12-14-16-18-20-22-24-25-26-27-28-29-30-31-32-34-36-38-40-42-44-46-48-55(57)63-54(53-62-64(58,59)61-51-49-56(3,4)5)52-60-50-47-45-43-41-39-37-35-33-23-21-19-17-15-13-11-9-7-2/h8,10,14,16-17,19-20,22-23,25-26,28-29,31-33,36,38,54H,6-7,9,11-13,15,18,21,24,27,30,34-35,37,39-53H2,1-5H3/p+1/b10-8-,16-14-,19-17-,22-20-,26-25-,29-28-,32-31-,33-23-,38-36-. The molecule has 8 nitrogen and oxygen atoms in total. The van der Waals surface area contributed by atoms with Crippen LogP contribution in [0.4, 0.5) is 0 Å². The first-order valence-corrected chi connectivity index (χ1v) is 26.6. The summed E-state index contributed by atoms with van der Waals surface area (Å²) in [6.45, 7) is 5.39. The van der Waals surface area contributed by atoms with E-state index in [9.17, 15) is 14.3 Å². The van der Waals surface area contributed by atoms with Crippen LogP contribution in [0.5, 0.6) is 0 Å². The van der Waals surface area contributed by atoms with E-state index in [0.29, 0.717) is 24.1 Å². The van der Waals surface area contributed by atoms with Crippen molar-refractivity contribution < 1.29 is 37.3 Å². The minimum Gasteiger partial charge on any atom is -0.457 e. The highest BCUT2D eigenvalue weighted by Crippen LogP contribution is 2.43. The number of nitrogens with zero attached hydrogens (tertiary/aromatic N) is 1. The lowest BCUT2D eigenvalue weighted by Gasteiger charge is -2.24. The second-order valence-corrected chi connectivity index (χ2v) is 18.9. The van der Waals surface area contributed by atoms with E-state index in [1.165, 1.54) is 51.4 Å². The third kappa shape index (κ3) is 50.2. The molecule has 0 amide bonds. The number of ether oxygens (including phenoxy) is 2. The van der Waals surface area contributed by atoms with Gasteiger partial charge in [0.05, 0.1) is 34.4 Å². The monoisotopic (exact) mass is 913 g/mol. The Bertz CT molecular complexity index is 1380. The number of likely N-dealkylation sites (N-methyl/N-ethyl adjacent to an activating group) is 1. The summed E-state index contributed by atoms with van der Waals surface area (Å²) < 4.78 is 35.1. The van der Waals surface area contributed by atoms with Gasteiger partial charge in [-0.2, -0.15) is 0 Å². The van der Waals surface area contributed by atoms with Gasteiger partial charge in [0, 0.05) is 13.0 Å². The quantitative estimate of drug-likeness (QED) is 0.0214. The minimum atomic E-state index is -4.30. The largest absolute Gasteiger partial charge is 0.472 e. The lowest BCUT2D eigenvalue weighted by atomic mass is 10.1. The van der Waals surface area contributed by atoms with Gasteiger partial charge in [-0.25, -0.2) is 4.57 Å². The molecule has 0 saturated heterocycles. The summed E-state index contributed by atoms with van der Waals surface area (Å²) in [5, 5.41) is 0. The highest BCUT2D eigenvalue weighted by Gasteiger charge is 2.26. The van der Waals surface area contributed by atoms with Crippen LogP contribution in [0, 0.1) is 0 Å². The molecule has 0 aromatic carbocycles. The van der Waals surface area contributed by atoms with E-state index in [1.807, 2.05) is 21.1 Å². The summed E-state index contributed by atoms with van der Waals surface area (Å²) in [4.78, 5) is 23.0. The van der Waals surface area contributed by atoms with Crippen LogP contribution >= 0.6 is 7.82 Å². The fourth-order valence-electron chi connectivity index (χ4n) is 6.21. The molecule has 1 N–H and O–H groups in total. The molecular weight excluding hydrogens is 818 g/mol. The van der Waals surface area contributed by atoms with E-state index >= 15 is 0 Å². The molecule has 0 heterocycles. The summed E-state index contributed by atoms with van der Waals surface area (Å²) in [5.74, 6) is -0.353. The van der Waals surface area contributed by atoms with Gasteiger partial charge in [-0.15, -0.1) is 0 Å². The Balaban J connectivity index is 4.29. The van der Waals surface area contributed by atoms with Gasteiger partial charge in [-0.05, 0) is 103 Å². The molecule has 0 aromatic heterocycles. The fraction of sp³-hybridized carbons (Fsp3) is 0.655. The molecule has 9 heteroatoms. The normalized spacial score (nSPS) is 14.5.